The van der Waals surface area contributed by atoms with Crippen molar-refractivity contribution in [3.8, 4) is 6.07 Å². The average Bonchev–Trinajstić information content (AvgIpc) is 2.29. The van der Waals surface area contributed by atoms with Crippen LogP contribution < -0.4 is 0 Å². The van der Waals surface area contributed by atoms with Crippen molar-refractivity contribution in [1.29, 1.82) is 5.26 Å². The van der Waals surface area contributed by atoms with Crippen LogP contribution in [-0.4, -0.2) is 11.0 Å². The quantitative estimate of drug-likeness (QED) is 0.714. The first-order valence-corrected chi connectivity index (χ1v) is 7.79. The molecule has 0 heterocycles. The van der Waals surface area contributed by atoms with E-state index < -0.39 is 0 Å². The maximum absolute atomic E-state index is 9.30. The highest BCUT2D eigenvalue weighted by atomic mass is 32.2. The molecule has 0 aromatic heterocycles. The number of benzene rings is 1. The fourth-order valence-corrected chi connectivity index (χ4v) is 3.29. The first-order chi connectivity index (χ1) is 8.10. The van der Waals surface area contributed by atoms with E-state index in [-0.39, 0.29) is 0 Å². The van der Waals surface area contributed by atoms with Crippen LogP contribution in [0.1, 0.15) is 33.3 Å². The smallest absolute Gasteiger partial charge is 0.101 e. The van der Waals surface area contributed by atoms with Gasteiger partial charge in [0.05, 0.1) is 5.56 Å². The predicted octanol–water partition coefficient (Wildman–Crippen LogP) is 4.81. The molecular weight excluding hydrogens is 246 g/mol. The summed E-state index contributed by atoms with van der Waals surface area (Å²) in [6.45, 7) is 8.77. The topological polar surface area (TPSA) is 23.8 Å². The van der Waals surface area contributed by atoms with Crippen LogP contribution in [0.5, 0.6) is 0 Å². The van der Waals surface area contributed by atoms with Crippen molar-refractivity contribution in [3.63, 3.8) is 0 Å². The second-order valence-electron chi connectivity index (χ2n) is 4.24. The van der Waals surface area contributed by atoms with Crippen molar-refractivity contribution in [2.45, 2.75) is 42.7 Å². The molecule has 0 radical (unpaired) electrons. The van der Waals surface area contributed by atoms with Gasteiger partial charge in [0.15, 0.2) is 0 Å². The van der Waals surface area contributed by atoms with E-state index in [1.54, 1.807) is 11.8 Å². The van der Waals surface area contributed by atoms with Gasteiger partial charge in [0, 0.05) is 15.0 Å². The highest BCUT2D eigenvalue weighted by molar-refractivity contribution is 8.00. The molecule has 92 valence electrons. The second-order valence-corrected chi connectivity index (χ2v) is 6.97. The van der Waals surface area contributed by atoms with E-state index in [4.69, 9.17) is 0 Å². The number of rotatable bonds is 5. The highest BCUT2D eigenvalue weighted by Gasteiger charge is 2.14. The van der Waals surface area contributed by atoms with Crippen molar-refractivity contribution in [2.75, 3.05) is 5.75 Å². The molecule has 0 spiro atoms. The van der Waals surface area contributed by atoms with E-state index in [2.05, 4.69) is 39.8 Å². The second kappa shape index (κ2) is 6.98. The van der Waals surface area contributed by atoms with Crippen LogP contribution in [0, 0.1) is 17.2 Å². The minimum Gasteiger partial charge on any atom is -0.192 e. The van der Waals surface area contributed by atoms with Crippen molar-refractivity contribution < 1.29 is 0 Å². The summed E-state index contributed by atoms with van der Waals surface area (Å²) in [5.74, 6) is 1.62. The Morgan fingerprint density at radius 3 is 2.41 bits per heavy atom. The Morgan fingerprint density at radius 1 is 1.24 bits per heavy atom. The molecule has 0 N–H and O–H groups in total. The molecule has 1 atom stereocenters. The van der Waals surface area contributed by atoms with Crippen LogP contribution >= 0.6 is 23.5 Å². The van der Waals surface area contributed by atoms with Crippen molar-refractivity contribution in [3.05, 3.63) is 23.8 Å². The summed E-state index contributed by atoms with van der Waals surface area (Å²) in [7, 11) is 0. The lowest BCUT2D eigenvalue weighted by Gasteiger charge is -2.16. The van der Waals surface area contributed by atoms with Gasteiger partial charge in [0.1, 0.15) is 6.07 Å². The molecule has 0 aliphatic heterocycles. The van der Waals surface area contributed by atoms with Gasteiger partial charge >= 0.3 is 0 Å². The highest BCUT2D eigenvalue weighted by Crippen LogP contribution is 2.34. The Morgan fingerprint density at radius 2 is 1.88 bits per heavy atom. The number of hydrogen-bond donors (Lipinski definition) is 0. The molecule has 0 aliphatic rings. The molecule has 3 heteroatoms. The molecule has 1 nitrogen and oxygen atoms in total. The Hall–Kier alpha value is -0.590. The summed E-state index contributed by atoms with van der Waals surface area (Å²) < 4.78 is 0. The summed E-state index contributed by atoms with van der Waals surface area (Å²) in [4.78, 5) is 2.23. The van der Waals surface area contributed by atoms with Crippen molar-refractivity contribution >= 4 is 23.5 Å². The molecule has 0 fully saturated rings. The third-order valence-electron chi connectivity index (χ3n) is 2.65. The Labute approximate surface area is 113 Å². The first kappa shape index (κ1) is 14.5. The number of thioether (sulfide) groups is 2. The van der Waals surface area contributed by atoms with E-state index in [0.29, 0.717) is 11.2 Å². The fraction of sp³-hybridized carbons (Fsp3) is 0.500. The third kappa shape index (κ3) is 3.97. The lowest BCUT2D eigenvalue weighted by Crippen LogP contribution is -2.05. The van der Waals surface area contributed by atoms with Gasteiger partial charge in [-0.05, 0) is 23.8 Å². The monoisotopic (exact) mass is 265 g/mol. The molecule has 1 unspecified atom stereocenters. The standard InChI is InChI=1S/C14H19NS2/c1-5-16-13-7-6-8-14(12(13)9-15)17-11(4)10(2)3/h6-8,10-11H,5H2,1-4H3. The van der Waals surface area contributed by atoms with Gasteiger partial charge < -0.3 is 0 Å². The number of nitriles is 1. The molecule has 0 bridgehead atoms. The summed E-state index contributed by atoms with van der Waals surface area (Å²) in [6.07, 6.45) is 0. The zero-order valence-electron chi connectivity index (χ0n) is 10.9. The maximum Gasteiger partial charge on any atom is 0.101 e. The normalized spacial score (nSPS) is 12.5. The van der Waals surface area contributed by atoms with Gasteiger partial charge in [-0.15, -0.1) is 23.5 Å². The van der Waals surface area contributed by atoms with Crippen LogP contribution in [0.2, 0.25) is 0 Å². The molecule has 0 saturated carbocycles. The Kier molecular flexibility index (Phi) is 5.94. The van der Waals surface area contributed by atoms with Crippen LogP contribution in [0.3, 0.4) is 0 Å². The van der Waals surface area contributed by atoms with E-state index in [1.807, 2.05) is 23.9 Å². The van der Waals surface area contributed by atoms with Crippen molar-refractivity contribution in [2.24, 2.45) is 5.92 Å². The van der Waals surface area contributed by atoms with Gasteiger partial charge in [0.25, 0.3) is 0 Å². The summed E-state index contributed by atoms with van der Waals surface area (Å²) in [5, 5.41) is 9.83. The summed E-state index contributed by atoms with van der Waals surface area (Å²) in [5.41, 5.74) is 0.844. The molecule has 0 aliphatic carbocycles. The van der Waals surface area contributed by atoms with Crippen molar-refractivity contribution in [1.82, 2.24) is 0 Å². The van der Waals surface area contributed by atoms with E-state index in [9.17, 15) is 5.26 Å². The van der Waals surface area contributed by atoms with Crippen LogP contribution in [0.4, 0.5) is 0 Å². The minimum atomic E-state index is 0.531. The lowest BCUT2D eigenvalue weighted by molar-refractivity contribution is 0.642. The lowest BCUT2D eigenvalue weighted by atomic mass is 10.2. The molecule has 0 amide bonds. The molecule has 0 saturated heterocycles. The fourth-order valence-electron chi connectivity index (χ4n) is 1.33. The first-order valence-electron chi connectivity index (χ1n) is 5.92. The molecular formula is C14H19NS2. The van der Waals surface area contributed by atoms with Crippen LogP contribution in [0.15, 0.2) is 28.0 Å². The summed E-state index contributed by atoms with van der Waals surface area (Å²) >= 11 is 3.55. The van der Waals surface area contributed by atoms with Gasteiger partial charge in [0.2, 0.25) is 0 Å². The zero-order valence-corrected chi connectivity index (χ0v) is 12.5. The molecule has 17 heavy (non-hydrogen) atoms. The minimum absolute atomic E-state index is 0.531. The van der Waals surface area contributed by atoms with Crippen LogP contribution in [-0.2, 0) is 0 Å². The third-order valence-corrected chi connectivity index (χ3v) is 5.10. The van der Waals surface area contributed by atoms with Gasteiger partial charge in [-0.3, -0.25) is 0 Å². The molecule has 1 aromatic rings. The number of hydrogen-bond acceptors (Lipinski definition) is 3. The Bertz CT molecular complexity index is 407. The summed E-state index contributed by atoms with van der Waals surface area (Å²) in [6, 6.07) is 8.50. The number of nitrogens with zero attached hydrogens (tertiary/aromatic N) is 1. The zero-order chi connectivity index (χ0) is 12.8. The van der Waals surface area contributed by atoms with E-state index in [0.717, 1.165) is 21.1 Å². The molecule has 1 rings (SSSR count). The molecule has 1 aromatic carbocycles. The SMILES string of the molecule is CCSc1cccc(SC(C)C(C)C)c1C#N. The average molecular weight is 265 g/mol. The van der Waals surface area contributed by atoms with E-state index >= 15 is 0 Å². The van der Waals surface area contributed by atoms with Gasteiger partial charge in [-0.2, -0.15) is 5.26 Å². The Balaban J connectivity index is 3.00. The largest absolute Gasteiger partial charge is 0.192 e. The van der Waals surface area contributed by atoms with E-state index in [1.165, 1.54) is 0 Å². The van der Waals surface area contributed by atoms with Gasteiger partial charge in [-0.1, -0.05) is 33.8 Å². The maximum atomic E-state index is 9.30. The van der Waals surface area contributed by atoms with Gasteiger partial charge in [-0.25, -0.2) is 0 Å². The van der Waals surface area contributed by atoms with Crippen LogP contribution in [0.25, 0.3) is 0 Å². The predicted molar refractivity (Wildman–Crippen MR) is 77.7 cm³/mol.